The van der Waals surface area contributed by atoms with E-state index in [0.717, 1.165) is 12.5 Å². The van der Waals surface area contributed by atoms with Gasteiger partial charge < -0.3 is 4.57 Å². The molecule has 0 saturated carbocycles. The van der Waals surface area contributed by atoms with Crippen LogP contribution >= 0.6 is 0 Å². The van der Waals surface area contributed by atoms with Gasteiger partial charge in [0.05, 0.1) is 0 Å². The van der Waals surface area contributed by atoms with Gasteiger partial charge in [0.25, 0.3) is 0 Å². The average molecular weight is 152 g/mol. The molecular weight excluding hydrogens is 140 g/mol. The molecule has 0 saturated heterocycles. The van der Waals surface area contributed by atoms with Crippen molar-refractivity contribution in [3.05, 3.63) is 12.4 Å². The molecule has 0 amide bonds. The van der Waals surface area contributed by atoms with Crippen LogP contribution in [0.5, 0.6) is 0 Å². The molecule has 11 heavy (non-hydrogen) atoms. The number of hydrogen-bond donors (Lipinski definition) is 1. The lowest BCUT2D eigenvalue weighted by Crippen LogP contribution is -2.48. The molecule has 2 rings (SSSR count). The molecule has 60 valence electrons. The molecule has 0 aliphatic carbocycles. The smallest absolute Gasteiger partial charge is 0.219 e. The van der Waals surface area contributed by atoms with Crippen LogP contribution < -0.4 is 10.4 Å². The topological polar surface area (TPSA) is 33.1 Å². The number of aromatic nitrogens is 2. The predicted octanol–water partition coefficient (Wildman–Crippen LogP) is 0.226. The van der Waals surface area contributed by atoms with Crippen LogP contribution in [0.15, 0.2) is 12.4 Å². The summed E-state index contributed by atoms with van der Waals surface area (Å²) in [7, 11) is 1.98. The van der Waals surface area contributed by atoms with Crippen LogP contribution in [0.25, 0.3) is 0 Å². The number of hydrogen-bond acceptors (Lipinski definition) is 3. The molecule has 0 aromatic carbocycles. The van der Waals surface area contributed by atoms with Gasteiger partial charge in [0, 0.05) is 32.0 Å². The maximum atomic E-state index is 4.20. The summed E-state index contributed by atoms with van der Waals surface area (Å²) in [6, 6.07) is 0.488. The second-order valence-corrected chi connectivity index (χ2v) is 2.97. The average Bonchev–Trinajstić information content (AvgIpc) is 2.34. The van der Waals surface area contributed by atoms with Crippen molar-refractivity contribution in [2.75, 3.05) is 12.1 Å². The first-order valence-electron chi connectivity index (χ1n) is 3.78. The fraction of sp³-hybridized carbons (Fsp3) is 0.571. The first kappa shape index (κ1) is 6.67. The van der Waals surface area contributed by atoms with Gasteiger partial charge in [-0.3, -0.25) is 5.01 Å². The molecule has 1 aliphatic rings. The van der Waals surface area contributed by atoms with Gasteiger partial charge >= 0.3 is 0 Å². The molecule has 1 aromatic heterocycles. The molecule has 0 radical (unpaired) electrons. The minimum absolute atomic E-state index is 0.488. The first-order valence-corrected chi connectivity index (χ1v) is 3.78. The first-order chi connectivity index (χ1) is 5.27. The minimum atomic E-state index is 0.488. The maximum absolute atomic E-state index is 4.20. The van der Waals surface area contributed by atoms with Crippen molar-refractivity contribution in [2.45, 2.75) is 19.5 Å². The van der Waals surface area contributed by atoms with Gasteiger partial charge in [0.1, 0.15) is 0 Å². The van der Waals surface area contributed by atoms with E-state index >= 15 is 0 Å². The number of anilines is 1. The van der Waals surface area contributed by atoms with Crippen LogP contribution in [0.3, 0.4) is 0 Å². The Morgan fingerprint density at radius 2 is 2.55 bits per heavy atom. The van der Waals surface area contributed by atoms with E-state index in [1.54, 1.807) is 0 Å². The molecule has 4 heteroatoms. The zero-order valence-corrected chi connectivity index (χ0v) is 6.78. The van der Waals surface area contributed by atoms with Crippen LogP contribution in [0.1, 0.15) is 6.92 Å². The Balaban J connectivity index is 2.36. The summed E-state index contributed by atoms with van der Waals surface area (Å²) < 4.78 is 2.14. The van der Waals surface area contributed by atoms with Crippen molar-refractivity contribution < 1.29 is 0 Å². The Labute approximate surface area is 65.8 Å². The molecule has 1 N–H and O–H groups in total. The van der Waals surface area contributed by atoms with Gasteiger partial charge in [-0.25, -0.2) is 10.4 Å². The summed E-state index contributed by atoms with van der Waals surface area (Å²) in [6.07, 6.45) is 3.83. The Morgan fingerprint density at radius 1 is 1.73 bits per heavy atom. The predicted molar refractivity (Wildman–Crippen MR) is 43.2 cm³/mol. The van der Waals surface area contributed by atoms with Crippen LogP contribution in [0, 0.1) is 0 Å². The van der Waals surface area contributed by atoms with Crippen LogP contribution in [-0.2, 0) is 6.54 Å². The second-order valence-electron chi connectivity index (χ2n) is 2.97. The van der Waals surface area contributed by atoms with Crippen molar-refractivity contribution in [3.8, 4) is 0 Å². The third-order valence-electron chi connectivity index (χ3n) is 1.88. The summed E-state index contributed by atoms with van der Waals surface area (Å²) in [5, 5.41) is 1.95. The molecule has 0 fully saturated rings. The monoisotopic (exact) mass is 152 g/mol. The fourth-order valence-electron chi connectivity index (χ4n) is 1.47. The Hall–Kier alpha value is -1.03. The standard InChI is InChI=1S/C7H12N4/c1-6-5-11-4-3-8-7(11)10(2)9-6/h3-4,6,9H,5H2,1-2H3. The number of imidazole rings is 1. The van der Waals surface area contributed by atoms with E-state index in [4.69, 9.17) is 0 Å². The van der Waals surface area contributed by atoms with E-state index in [1.165, 1.54) is 0 Å². The summed E-state index contributed by atoms with van der Waals surface area (Å²) in [5.41, 5.74) is 3.27. The fourth-order valence-corrected chi connectivity index (χ4v) is 1.47. The SMILES string of the molecule is CC1Cn2ccnc2N(C)N1. The van der Waals surface area contributed by atoms with Gasteiger partial charge in [0.15, 0.2) is 0 Å². The van der Waals surface area contributed by atoms with Gasteiger partial charge in [-0.1, -0.05) is 0 Å². The van der Waals surface area contributed by atoms with Gasteiger partial charge in [-0.2, -0.15) is 0 Å². The summed E-state index contributed by atoms with van der Waals surface area (Å²) >= 11 is 0. The summed E-state index contributed by atoms with van der Waals surface area (Å²) in [4.78, 5) is 4.20. The zero-order valence-electron chi connectivity index (χ0n) is 6.78. The number of rotatable bonds is 0. The number of nitrogens with zero attached hydrogens (tertiary/aromatic N) is 3. The lowest BCUT2D eigenvalue weighted by molar-refractivity contribution is 0.425. The third kappa shape index (κ3) is 0.991. The van der Waals surface area contributed by atoms with Crippen molar-refractivity contribution in [1.82, 2.24) is 15.0 Å². The number of nitrogens with one attached hydrogen (secondary N) is 1. The van der Waals surface area contributed by atoms with E-state index in [0.29, 0.717) is 6.04 Å². The summed E-state index contributed by atoms with van der Waals surface area (Å²) in [6.45, 7) is 3.15. The lowest BCUT2D eigenvalue weighted by Gasteiger charge is -2.30. The molecule has 1 aromatic rings. The van der Waals surface area contributed by atoms with Crippen LogP contribution in [0.2, 0.25) is 0 Å². The zero-order chi connectivity index (χ0) is 7.84. The third-order valence-corrected chi connectivity index (χ3v) is 1.88. The second kappa shape index (κ2) is 2.23. The van der Waals surface area contributed by atoms with E-state index in [2.05, 4.69) is 21.9 Å². The molecule has 4 nitrogen and oxygen atoms in total. The van der Waals surface area contributed by atoms with Crippen molar-refractivity contribution in [3.63, 3.8) is 0 Å². The largest absolute Gasteiger partial charge is 0.315 e. The maximum Gasteiger partial charge on any atom is 0.219 e. The van der Waals surface area contributed by atoms with Gasteiger partial charge in [0.2, 0.25) is 5.95 Å². The minimum Gasteiger partial charge on any atom is -0.315 e. The Kier molecular flexibility index (Phi) is 1.35. The molecule has 0 bridgehead atoms. The highest BCUT2D eigenvalue weighted by Crippen LogP contribution is 2.13. The van der Waals surface area contributed by atoms with Crippen LogP contribution in [0.4, 0.5) is 5.95 Å². The van der Waals surface area contributed by atoms with Crippen molar-refractivity contribution in [1.29, 1.82) is 0 Å². The number of hydrazine groups is 1. The molecule has 2 heterocycles. The van der Waals surface area contributed by atoms with E-state index in [1.807, 2.05) is 24.5 Å². The molecule has 1 unspecified atom stereocenters. The van der Waals surface area contributed by atoms with Crippen molar-refractivity contribution in [2.24, 2.45) is 0 Å². The highest BCUT2D eigenvalue weighted by molar-refractivity contribution is 5.29. The molecule has 0 spiro atoms. The molecule has 1 atom stereocenters. The number of fused-ring (bicyclic) bond motifs is 1. The molecular formula is C7H12N4. The quantitative estimate of drug-likeness (QED) is 0.577. The highest BCUT2D eigenvalue weighted by atomic mass is 15.6. The van der Waals surface area contributed by atoms with Crippen LogP contribution in [-0.4, -0.2) is 22.6 Å². The lowest BCUT2D eigenvalue weighted by atomic mass is 10.3. The van der Waals surface area contributed by atoms with E-state index in [-0.39, 0.29) is 0 Å². The molecule has 1 aliphatic heterocycles. The van der Waals surface area contributed by atoms with Crippen molar-refractivity contribution >= 4 is 5.95 Å². The van der Waals surface area contributed by atoms with Gasteiger partial charge in [-0.05, 0) is 6.92 Å². The highest BCUT2D eigenvalue weighted by Gasteiger charge is 2.17. The van der Waals surface area contributed by atoms with E-state index in [9.17, 15) is 0 Å². The Morgan fingerprint density at radius 3 is 3.36 bits per heavy atom. The summed E-state index contributed by atoms with van der Waals surface area (Å²) in [5.74, 6) is 0.989. The van der Waals surface area contributed by atoms with E-state index < -0.39 is 0 Å². The normalized spacial score (nSPS) is 23.5. The van der Waals surface area contributed by atoms with Gasteiger partial charge in [-0.15, -0.1) is 0 Å². The Bertz CT molecular complexity index is 255.